The molecule has 1 aliphatic carbocycles. The maximum atomic E-state index is 11.9. The Labute approximate surface area is 124 Å². The van der Waals surface area contributed by atoms with Crippen molar-refractivity contribution in [3.63, 3.8) is 0 Å². The van der Waals surface area contributed by atoms with Crippen molar-refractivity contribution in [3.05, 3.63) is 34.9 Å². The number of halogens is 2. The normalized spacial score (nSPS) is 22.4. The van der Waals surface area contributed by atoms with Gasteiger partial charge in [0.15, 0.2) is 0 Å². The molecule has 0 saturated heterocycles. The van der Waals surface area contributed by atoms with E-state index in [9.17, 15) is 4.79 Å². The van der Waals surface area contributed by atoms with Gasteiger partial charge >= 0.3 is 0 Å². The fraction of sp³-hybridized carbons (Fsp3) is 0.533. The molecule has 0 aliphatic heterocycles. The average Bonchev–Trinajstić information content (AvgIpc) is 2.83. The first-order valence-corrected chi connectivity index (χ1v) is 7.67. The molecule has 1 saturated carbocycles. The van der Waals surface area contributed by atoms with Gasteiger partial charge in [0.25, 0.3) is 0 Å². The molecule has 2 unspecified atom stereocenters. The van der Waals surface area contributed by atoms with Gasteiger partial charge in [-0.05, 0) is 42.4 Å². The van der Waals surface area contributed by atoms with Crippen molar-refractivity contribution in [1.29, 1.82) is 0 Å². The molecule has 4 heteroatoms. The Bertz CT molecular complexity index is 436. The van der Waals surface area contributed by atoms with Crippen LogP contribution < -0.4 is 5.32 Å². The molecule has 1 amide bonds. The molecule has 0 aromatic heterocycles. The molecule has 2 atom stereocenters. The van der Waals surface area contributed by atoms with Crippen LogP contribution in [0, 0.1) is 11.8 Å². The van der Waals surface area contributed by atoms with Crippen molar-refractivity contribution in [2.45, 2.75) is 25.7 Å². The number of hydrogen-bond donors (Lipinski definition) is 1. The van der Waals surface area contributed by atoms with Crippen molar-refractivity contribution in [2.75, 3.05) is 12.4 Å². The first-order valence-electron chi connectivity index (χ1n) is 6.76. The molecular weight excluding hydrogens is 281 g/mol. The van der Waals surface area contributed by atoms with Crippen LogP contribution in [0.5, 0.6) is 0 Å². The van der Waals surface area contributed by atoms with Crippen LogP contribution in [0.15, 0.2) is 24.3 Å². The summed E-state index contributed by atoms with van der Waals surface area (Å²) >= 11 is 11.8. The van der Waals surface area contributed by atoms with E-state index in [1.54, 1.807) is 0 Å². The summed E-state index contributed by atoms with van der Waals surface area (Å²) in [5.41, 5.74) is 0.949. The lowest BCUT2D eigenvalue weighted by molar-refractivity contribution is -0.120. The van der Waals surface area contributed by atoms with Crippen LogP contribution in [0.3, 0.4) is 0 Å². The van der Waals surface area contributed by atoms with Crippen LogP contribution in [0.1, 0.15) is 24.8 Å². The van der Waals surface area contributed by atoms with Crippen LogP contribution >= 0.6 is 23.2 Å². The molecule has 1 aromatic rings. The van der Waals surface area contributed by atoms with Crippen LogP contribution in [-0.4, -0.2) is 18.3 Å². The molecule has 104 valence electrons. The summed E-state index contributed by atoms with van der Waals surface area (Å²) in [7, 11) is 0. The third-order valence-corrected chi connectivity index (χ3v) is 4.46. The zero-order chi connectivity index (χ0) is 13.7. The van der Waals surface area contributed by atoms with Crippen LogP contribution in [-0.2, 0) is 11.2 Å². The number of rotatable bonds is 5. The zero-order valence-corrected chi connectivity index (χ0v) is 12.4. The van der Waals surface area contributed by atoms with Gasteiger partial charge in [0.1, 0.15) is 0 Å². The highest BCUT2D eigenvalue weighted by atomic mass is 35.5. The standard InChI is InChI=1S/C15H19Cl2NO/c16-9-12-4-2-5-13(12)10-18-15(19)8-11-3-1-6-14(17)7-11/h1,3,6-7,12-13H,2,4-5,8-10H2,(H,18,19). The van der Waals surface area contributed by atoms with Gasteiger partial charge in [0, 0.05) is 17.4 Å². The van der Waals surface area contributed by atoms with Crippen LogP contribution in [0.25, 0.3) is 0 Å². The van der Waals surface area contributed by atoms with E-state index >= 15 is 0 Å². The van der Waals surface area contributed by atoms with E-state index in [1.807, 2.05) is 24.3 Å². The van der Waals surface area contributed by atoms with Gasteiger partial charge in [-0.2, -0.15) is 0 Å². The zero-order valence-electron chi connectivity index (χ0n) is 10.9. The monoisotopic (exact) mass is 299 g/mol. The molecule has 0 heterocycles. The Morgan fingerprint density at radius 3 is 2.84 bits per heavy atom. The highest BCUT2D eigenvalue weighted by Gasteiger charge is 2.26. The van der Waals surface area contributed by atoms with Gasteiger partial charge in [0.2, 0.25) is 5.91 Å². The number of amides is 1. The summed E-state index contributed by atoms with van der Waals surface area (Å²) in [5.74, 6) is 1.87. The van der Waals surface area contributed by atoms with E-state index in [0.717, 1.165) is 12.1 Å². The number of carbonyl (C=O) groups excluding carboxylic acids is 1. The first kappa shape index (κ1) is 14.7. The van der Waals surface area contributed by atoms with E-state index < -0.39 is 0 Å². The van der Waals surface area contributed by atoms with Crippen molar-refractivity contribution in [2.24, 2.45) is 11.8 Å². The minimum atomic E-state index is 0.0579. The van der Waals surface area contributed by atoms with Crippen LogP contribution in [0.2, 0.25) is 5.02 Å². The van der Waals surface area contributed by atoms with Crippen molar-refractivity contribution in [3.8, 4) is 0 Å². The minimum Gasteiger partial charge on any atom is -0.356 e. The highest BCUT2D eigenvalue weighted by molar-refractivity contribution is 6.30. The van der Waals surface area contributed by atoms with Gasteiger partial charge in [-0.1, -0.05) is 30.2 Å². The summed E-state index contributed by atoms with van der Waals surface area (Å²) < 4.78 is 0. The fourth-order valence-corrected chi connectivity index (χ4v) is 3.34. The molecule has 1 aliphatic rings. The lowest BCUT2D eigenvalue weighted by Crippen LogP contribution is -2.32. The Kier molecular flexibility index (Phi) is 5.53. The van der Waals surface area contributed by atoms with Crippen LogP contribution in [0.4, 0.5) is 0 Å². The van der Waals surface area contributed by atoms with Crippen molar-refractivity contribution < 1.29 is 4.79 Å². The Morgan fingerprint density at radius 1 is 1.32 bits per heavy atom. The molecule has 2 nitrogen and oxygen atoms in total. The van der Waals surface area contributed by atoms with Gasteiger partial charge < -0.3 is 5.32 Å². The molecule has 1 aromatic carbocycles. The largest absolute Gasteiger partial charge is 0.356 e. The van der Waals surface area contributed by atoms with E-state index in [4.69, 9.17) is 23.2 Å². The lowest BCUT2D eigenvalue weighted by Gasteiger charge is -2.17. The van der Waals surface area contributed by atoms with Gasteiger partial charge in [0.05, 0.1) is 6.42 Å². The summed E-state index contributed by atoms with van der Waals surface area (Å²) in [5, 5.41) is 3.69. The SMILES string of the molecule is O=C(Cc1cccc(Cl)c1)NCC1CCCC1CCl. The summed E-state index contributed by atoms with van der Waals surface area (Å²) in [6.07, 6.45) is 3.98. The predicted octanol–water partition coefficient (Wildman–Crippen LogP) is 3.65. The number of benzene rings is 1. The topological polar surface area (TPSA) is 29.1 Å². The molecule has 0 bridgehead atoms. The second-order valence-electron chi connectivity index (χ2n) is 5.22. The Balaban J connectivity index is 1.78. The maximum Gasteiger partial charge on any atom is 0.224 e. The molecule has 0 radical (unpaired) electrons. The van der Waals surface area contributed by atoms with E-state index in [0.29, 0.717) is 29.2 Å². The number of alkyl halides is 1. The molecular formula is C15H19Cl2NO. The average molecular weight is 300 g/mol. The number of nitrogens with one attached hydrogen (secondary N) is 1. The molecule has 1 fully saturated rings. The maximum absolute atomic E-state index is 11.9. The summed E-state index contributed by atoms with van der Waals surface area (Å²) in [4.78, 5) is 11.9. The number of carbonyl (C=O) groups is 1. The predicted molar refractivity (Wildman–Crippen MR) is 79.7 cm³/mol. The molecule has 2 rings (SSSR count). The Morgan fingerprint density at radius 2 is 2.11 bits per heavy atom. The lowest BCUT2D eigenvalue weighted by atomic mass is 9.98. The van der Waals surface area contributed by atoms with E-state index in [2.05, 4.69) is 5.32 Å². The third-order valence-electron chi connectivity index (χ3n) is 3.83. The molecule has 1 N–H and O–H groups in total. The Hall–Kier alpha value is -0.730. The van der Waals surface area contributed by atoms with Crippen molar-refractivity contribution in [1.82, 2.24) is 5.32 Å². The van der Waals surface area contributed by atoms with Gasteiger partial charge in [-0.15, -0.1) is 11.6 Å². The summed E-state index contributed by atoms with van der Waals surface area (Å²) in [6.45, 7) is 0.747. The van der Waals surface area contributed by atoms with Gasteiger partial charge in [-0.25, -0.2) is 0 Å². The fourth-order valence-electron chi connectivity index (χ4n) is 2.73. The number of hydrogen-bond acceptors (Lipinski definition) is 1. The quantitative estimate of drug-likeness (QED) is 0.826. The third kappa shape index (κ3) is 4.39. The second-order valence-corrected chi connectivity index (χ2v) is 5.96. The van der Waals surface area contributed by atoms with E-state index in [-0.39, 0.29) is 5.91 Å². The first-order chi connectivity index (χ1) is 9.19. The van der Waals surface area contributed by atoms with Crippen molar-refractivity contribution >= 4 is 29.1 Å². The molecule has 0 spiro atoms. The highest BCUT2D eigenvalue weighted by Crippen LogP contribution is 2.31. The summed E-state index contributed by atoms with van der Waals surface area (Å²) in [6, 6.07) is 7.43. The molecule has 19 heavy (non-hydrogen) atoms. The van der Waals surface area contributed by atoms with E-state index in [1.165, 1.54) is 19.3 Å². The minimum absolute atomic E-state index is 0.0579. The smallest absolute Gasteiger partial charge is 0.224 e. The van der Waals surface area contributed by atoms with Gasteiger partial charge in [-0.3, -0.25) is 4.79 Å². The second kappa shape index (κ2) is 7.16.